The minimum absolute atomic E-state index is 0.319. The van der Waals surface area contributed by atoms with E-state index in [0.717, 1.165) is 5.57 Å². The van der Waals surface area contributed by atoms with Crippen LogP contribution in [0.3, 0.4) is 0 Å². The number of rotatable bonds is 2. The van der Waals surface area contributed by atoms with Crippen LogP contribution >= 0.6 is 0 Å². The van der Waals surface area contributed by atoms with Gasteiger partial charge in [-0.1, -0.05) is 5.57 Å². The van der Waals surface area contributed by atoms with Gasteiger partial charge in [-0.25, -0.2) is 9.48 Å². The Morgan fingerprint density at radius 1 is 1.62 bits per heavy atom. The number of ether oxygens (including phenoxy) is 1. The van der Waals surface area contributed by atoms with Crippen LogP contribution in [0.15, 0.2) is 17.8 Å². The molecule has 0 radical (unpaired) electrons. The molecule has 0 aliphatic carbocycles. The van der Waals surface area contributed by atoms with Gasteiger partial charge in [0.2, 0.25) is 0 Å². The molecule has 70 valence electrons. The maximum absolute atomic E-state index is 11.0. The zero-order chi connectivity index (χ0) is 9.84. The summed E-state index contributed by atoms with van der Waals surface area (Å²) in [6.07, 6.45) is 3.53. The summed E-state index contributed by atoms with van der Waals surface area (Å²) in [6, 6.07) is 1.62. The highest BCUT2D eigenvalue weighted by molar-refractivity contribution is 5.86. The number of hydrogen-bond donors (Lipinski definition) is 0. The van der Waals surface area contributed by atoms with Gasteiger partial charge in [0.1, 0.15) is 0 Å². The molecule has 1 heterocycles. The van der Waals surface area contributed by atoms with Gasteiger partial charge in [0, 0.05) is 12.4 Å². The molecule has 1 rings (SSSR count). The van der Waals surface area contributed by atoms with Crippen LogP contribution < -0.4 is 0 Å². The predicted molar refractivity (Wildman–Crippen MR) is 49.2 cm³/mol. The van der Waals surface area contributed by atoms with Crippen molar-refractivity contribution < 1.29 is 9.53 Å². The summed E-state index contributed by atoms with van der Waals surface area (Å²) in [6.45, 7) is 3.92. The normalized spacial score (nSPS) is 9.46. The molecule has 1 aromatic rings. The number of nitrogens with zero attached hydrogens (tertiary/aromatic N) is 2. The molecule has 0 amide bonds. The summed E-state index contributed by atoms with van der Waals surface area (Å²) in [7, 11) is 1.34. The van der Waals surface area contributed by atoms with E-state index in [1.165, 1.54) is 7.11 Å². The molecule has 0 unspecified atom stereocenters. The van der Waals surface area contributed by atoms with E-state index in [2.05, 4.69) is 9.84 Å². The highest BCUT2D eigenvalue weighted by Crippen LogP contribution is 2.00. The third-order valence-electron chi connectivity index (χ3n) is 1.39. The lowest BCUT2D eigenvalue weighted by Gasteiger charge is -1.93. The summed E-state index contributed by atoms with van der Waals surface area (Å²) >= 11 is 0. The minimum Gasteiger partial charge on any atom is -0.464 e. The standard InChI is InChI=1S/C9H12N2O2/c1-7(2)6-11-5-4-8(10-11)9(12)13-3/h4-6H,1-3H3. The molecule has 0 saturated carbocycles. The molecule has 1 aromatic heterocycles. The van der Waals surface area contributed by atoms with Gasteiger partial charge in [-0.3, -0.25) is 0 Å². The lowest BCUT2D eigenvalue weighted by molar-refractivity contribution is 0.0593. The van der Waals surface area contributed by atoms with Crippen molar-refractivity contribution in [2.75, 3.05) is 7.11 Å². The second-order valence-corrected chi connectivity index (χ2v) is 2.88. The topological polar surface area (TPSA) is 44.1 Å². The van der Waals surface area contributed by atoms with E-state index < -0.39 is 5.97 Å². The number of allylic oxidation sites excluding steroid dienone is 1. The van der Waals surface area contributed by atoms with Gasteiger partial charge in [0.15, 0.2) is 5.69 Å². The lowest BCUT2D eigenvalue weighted by Crippen LogP contribution is -2.02. The molecule has 0 aliphatic heterocycles. The van der Waals surface area contributed by atoms with Crippen LogP contribution in [0.1, 0.15) is 24.3 Å². The summed E-state index contributed by atoms with van der Waals surface area (Å²) in [4.78, 5) is 11.0. The number of hydrogen-bond acceptors (Lipinski definition) is 3. The first kappa shape index (κ1) is 9.51. The van der Waals surface area contributed by atoms with E-state index >= 15 is 0 Å². The molecule has 0 aliphatic rings. The fourth-order valence-electron chi connectivity index (χ4n) is 0.888. The molecule has 0 atom stereocenters. The van der Waals surface area contributed by atoms with Crippen LogP contribution in [0.5, 0.6) is 0 Å². The number of carbonyl (C=O) groups excluding carboxylic acids is 1. The van der Waals surface area contributed by atoms with Crippen molar-refractivity contribution in [1.29, 1.82) is 0 Å². The van der Waals surface area contributed by atoms with Crippen molar-refractivity contribution in [1.82, 2.24) is 9.78 Å². The number of methoxy groups -OCH3 is 1. The van der Waals surface area contributed by atoms with E-state index in [4.69, 9.17) is 0 Å². The number of carbonyl (C=O) groups is 1. The molecule has 0 spiro atoms. The molecule has 13 heavy (non-hydrogen) atoms. The number of esters is 1. The van der Waals surface area contributed by atoms with Crippen molar-refractivity contribution in [3.63, 3.8) is 0 Å². The smallest absolute Gasteiger partial charge is 0.358 e. The maximum Gasteiger partial charge on any atom is 0.358 e. The molecule has 0 N–H and O–H groups in total. The Kier molecular flexibility index (Phi) is 2.84. The zero-order valence-corrected chi connectivity index (χ0v) is 7.94. The summed E-state index contributed by atoms with van der Waals surface area (Å²) < 4.78 is 6.10. The first-order valence-corrected chi connectivity index (χ1v) is 3.92. The molecule has 0 aromatic carbocycles. The van der Waals surface area contributed by atoms with E-state index in [-0.39, 0.29) is 0 Å². The predicted octanol–water partition coefficient (Wildman–Crippen LogP) is 1.55. The Balaban J connectivity index is 2.87. The molecule has 0 saturated heterocycles. The van der Waals surface area contributed by atoms with E-state index in [0.29, 0.717) is 5.69 Å². The van der Waals surface area contributed by atoms with Gasteiger partial charge >= 0.3 is 5.97 Å². The van der Waals surface area contributed by atoms with E-state index in [1.807, 2.05) is 20.0 Å². The van der Waals surface area contributed by atoms with Gasteiger partial charge in [0.05, 0.1) is 7.11 Å². The summed E-state index contributed by atoms with van der Waals surface area (Å²) in [5.41, 5.74) is 1.43. The first-order chi connectivity index (χ1) is 6.13. The SMILES string of the molecule is COC(=O)c1ccn(C=C(C)C)n1. The van der Waals surface area contributed by atoms with Gasteiger partial charge in [-0.2, -0.15) is 5.10 Å². The average Bonchev–Trinajstić information content (AvgIpc) is 2.50. The Hall–Kier alpha value is -1.58. The van der Waals surface area contributed by atoms with Crippen molar-refractivity contribution >= 4 is 12.2 Å². The Morgan fingerprint density at radius 3 is 2.85 bits per heavy atom. The Morgan fingerprint density at radius 2 is 2.31 bits per heavy atom. The molecule has 0 fully saturated rings. The van der Waals surface area contributed by atoms with Gasteiger partial charge in [0.25, 0.3) is 0 Å². The van der Waals surface area contributed by atoms with Crippen LogP contribution in [0.4, 0.5) is 0 Å². The largest absolute Gasteiger partial charge is 0.464 e. The van der Waals surface area contributed by atoms with Crippen LogP contribution in [0.2, 0.25) is 0 Å². The molecular formula is C9H12N2O2. The summed E-state index contributed by atoms with van der Waals surface area (Å²) in [5, 5.41) is 3.99. The van der Waals surface area contributed by atoms with Gasteiger partial charge in [-0.05, 0) is 19.9 Å². The van der Waals surface area contributed by atoms with Crippen molar-refractivity contribution in [3.05, 3.63) is 23.5 Å². The second-order valence-electron chi connectivity index (χ2n) is 2.88. The lowest BCUT2D eigenvalue weighted by atomic mass is 10.4. The average molecular weight is 180 g/mol. The molecule has 4 nitrogen and oxygen atoms in total. The minimum atomic E-state index is -0.416. The zero-order valence-electron chi connectivity index (χ0n) is 7.94. The fraction of sp³-hybridized carbons (Fsp3) is 0.333. The van der Waals surface area contributed by atoms with Gasteiger partial charge < -0.3 is 4.74 Å². The molecule has 4 heteroatoms. The fourth-order valence-corrected chi connectivity index (χ4v) is 0.888. The Bertz CT molecular complexity index is 335. The maximum atomic E-state index is 11.0. The number of aromatic nitrogens is 2. The first-order valence-electron chi connectivity index (χ1n) is 3.92. The van der Waals surface area contributed by atoms with E-state index in [9.17, 15) is 4.79 Å². The van der Waals surface area contributed by atoms with Crippen molar-refractivity contribution in [2.24, 2.45) is 0 Å². The monoisotopic (exact) mass is 180 g/mol. The second kappa shape index (κ2) is 3.89. The van der Waals surface area contributed by atoms with Crippen LogP contribution in [0, 0.1) is 0 Å². The third kappa shape index (κ3) is 2.43. The molecule has 0 bridgehead atoms. The van der Waals surface area contributed by atoms with Crippen molar-refractivity contribution in [3.8, 4) is 0 Å². The highest BCUT2D eigenvalue weighted by Gasteiger charge is 2.07. The third-order valence-corrected chi connectivity index (χ3v) is 1.39. The highest BCUT2D eigenvalue weighted by atomic mass is 16.5. The molecular weight excluding hydrogens is 168 g/mol. The Labute approximate surface area is 76.8 Å². The quantitative estimate of drug-likeness (QED) is 0.648. The van der Waals surface area contributed by atoms with Crippen LogP contribution in [-0.4, -0.2) is 22.9 Å². The van der Waals surface area contributed by atoms with Crippen molar-refractivity contribution in [2.45, 2.75) is 13.8 Å². The van der Waals surface area contributed by atoms with E-state index in [1.54, 1.807) is 16.9 Å². The van der Waals surface area contributed by atoms with Gasteiger partial charge in [-0.15, -0.1) is 0 Å². The van der Waals surface area contributed by atoms with Crippen LogP contribution in [0.25, 0.3) is 6.20 Å². The van der Waals surface area contributed by atoms with Crippen LogP contribution in [-0.2, 0) is 4.74 Å². The summed E-state index contributed by atoms with van der Waals surface area (Å²) in [5.74, 6) is -0.416.